The fourth-order valence-electron chi connectivity index (χ4n) is 4.47. The van der Waals surface area contributed by atoms with E-state index in [2.05, 4.69) is 10.0 Å². The Kier molecular flexibility index (Phi) is 6.20. The molecule has 1 aliphatic heterocycles. The molecule has 29 heavy (non-hydrogen) atoms. The van der Waals surface area contributed by atoms with Gasteiger partial charge in [0.05, 0.1) is 10.6 Å². The lowest BCUT2D eigenvalue weighted by Gasteiger charge is -2.21. The molecule has 0 aromatic heterocycles. The third-order valence-electron chi connectivity index (χ3n) is 6.22. The Morgan fingerprint density at radius 2 is 1.86 bits per heavy atom. The fourth-order valence-corrected chi connectivity index (χ4v) is 5.59. The van der Waals surface area contributed by atoms with Crippen LogP contribution in [0.3, 0.4) is 0 Å². The van der Waals surface area contributed by atoms with Gasteiger partial charge in [0.1, 0.15) is 5.82 Å². The number of aryl methyl sites for hydroxylation is 1. The van der Waals surface area contributed by atoms with Gasteiger partial charge in [0.15, 0.2) is 0 Å². The number of hydrogen-bond donors (Lipinski definition) is 2. The summed E-state index contributed by atoms with van der Waals surface area (Å²) in [5, 5.41) is 3.27. The molecule has 2 N–H and O–H groups in total. The van der Waals surface area contributed by atoms with Crippen molar-refractivity contribution in [2.24, 2.45) is 5.92 Å². The Morgan fingerprint density at radius 3 is 2.66 bits per heavy atom. The quantitative estimate of drug-likeness (QED) is 0.712. The second kappa shape index (κ2) is 8.84. The van der Waals surface area contributed by atoms with E-state index < -0.39 is 15.8 Å². The predicted octanol–water partition coefficient (Wildman–Crippen LogP) is 4.79. The zero-order valence-corrected chi connectivity index (χ0v) is 17.5. The van der Waals surface area contributed by atoms with Crippen LogP contribution in [0.5, 0.6) is 0 Å². The second-order valence-electron chi connectivity index (χ2n) is 8.32. The van der Waals surface area contributed by atoms with Gasteiger partial charge in [0.2, 0.25) is 0 Å². The molecular weight excluding hydrogens is 387 g/mol. The number of fused-ring (bicyclic) bond motifs is 1. The molecule has 4 nitrogen and oxygen atoms in total. The Labute approximate surface area is 173 Å². The normalized spacial score (nSPS) is 17.7. The number of benzene rings is 2. The maximum atomic E-state index is 14.6. The molecule has 1 heterocycles. The molecule has 0 saturated heterocycles. The van der Waals surface area contributed by atoms with Crippen molar-refractivity contribution < 1.29 is 12.8 Å². The summed E-state index contributed by atoms with van der Waals surface area (Å²) in [7, 11) is -3.82. The zero-order chi connectivity index (χ0) is 20.3. The number of anilines is 1. The van der Waals surface area contributed by atoms with Gasteiger partial charge in [-0.3, -0.25) is 4.72 Å². The first kappa shape index (κ1) is 20.4. The SMILES string of the molecule is O=S(=O)(Nc1ccc(CCC2CCCCC2)cc1F)c1ccc2c(c1)CCNC2. The average Bonchev–Trinajstić information content (AvgIpc) is 2.74. The molecule has 0 bridgehead atoms. The van der Waals surface area contributed by atoms with Crippen molar-refractivity contribution in [2.75, 3.05) is 11.3 Å². The van der Waals surface area contributed by atoms with Gasteiger partial charge in [0.25, 0.3) is 10.0 Å². The third kappa shape index (κ3) is 4.98. The molecule has 0 atom stereocenters. The highest BCUT2D eigenvalue weighted by Crippen LogP contribution is 2.28. The fraction of sp³-hybridized carbons (Fsp3) is 0.478. The molecule has 0 unspecified atom stereocenters. The Morgan fingerprint density at radius 1 is 1.03 bits per heavy atom. The van der Waals surface area contributed by atoms with Crippen LogP contribution < -0.4 is 10.0 Å². The summed E-state index contributed by atoms with van der Waals surface area (Å²) < 4.78 is 42.6. The Hall–Kier alpha value is -1.92. The molecule has 2 aromatic rings. The van der Waals surface area contributed by atoms with Crippen molar-refractivity contribution in [1.82, 2.24) is 5.32 Å². The lowest BCUT2D eigenvalue weighted by Crippen LogP contribution is -2.24. The summed E-state index contributed by atoms with van der Waals surface area (Å²) in [6.45, 7) is 1.58. The molecule has 0 amide bonds. The first-order valence-electron chi connectivity index (χ1n) is 10.6. The van der Waals surface area contributed by atoms with Gasteiger partial charge < -0.3 is 5.32 Å². The van der Waals surface area contributed by atoms with E-state index in [1.54, 1.807) is 18.2 Å². The number of nitrogens with one attached hydrogen (secondary N) is 2. The summed E-state index contributed by atoms with van der Waals surface area (Å²) in [6.07, 6.45) is 9.21. The van der Waals surface area contributed by atoms with Gasteiger partial charge in [-0.2, -0.15) is 0 Å². The molecule has 1 aliphatic carbocycles. The smallest absolute Gasteiger partial charge is 0.261 e. The van der Waals surface area contributed by atoms with E-state index in [-0.39, 0.29) is 10.6 Å². The van der Waals surface area contributed by atoms with Crippen LogP contribution in [0.25, 0.3) is 0 Å². The topological polar surface area (TPSA) is 58.2 Å². The first-order valence-corrected chi connectivity index (χ1v) is 12.1. The first-order chi connectivity index (χ1) is 14.0. The predicted molar refractivity (Wildman–Crippen MR) is 114 cm³/mol. The van der Waals surface area contributed by atoms with Crippen LogP contribution in [0, 0.1) is 11.7 Å². The van der Waals surface area contributed by atoms with Crippen molar-refractivity contribution in [3.63, 3.8) is 0 Å². The Balaban J connectivity index is 1.44. The van der Waals surface area contributed by atoms with E-state index in [0.717, 1.165) is 55.0 Å². The van der Waals surface area contributed by atoms with Crippen molar-refractivity contribution in [1.29, 1.82) is 0 Å². The van der Waals surface area contributed by atoms with Crippen LogP contribution in [0.1, 0.15) is 55.2 Å². The van der Waals surface area contributed by atoms with Gasteiger partial charge in [-0.15, -0.1) is 0 Å². The zero-order valence-electron chi connectivity index (χ0n) is 16.7. The molecule has 156 valence electrons. The summed E-state index contributed by atoms with van der Waals surface area (Å²) in [4.78, 5) is 0.180. The second-order valence-corrected chi connectivity index (χ2v) is 10.0. The van der Waals surface area contributed by atoms with E-state index in [1.807, 2.05) is 12.1 Å². The number of hydrogen-bond acceptors (Lipinski definition) is 3. The van der Waals surface area contributed by atoms with Crippen LogP contribution in [-0.2, 0) is 29.4 Å². The summed E-state index contributed by atoms with van der Waals surface area (Å²) >= 11 is 0. The van der Waals surface area contributed by atoms with Crippen LogP contribution in [-0.4, -0.2) is 15.0 Å². The van der Waals surface area contributed by atoms with Crippen molar-refractivity contribution in [3.8, 4) is 0 Å². The number of halogens is 1. The van der Waals surface area contributed by atoms with Gasteiger partial charge in [-0.05, 0) is 72.7 Å². The lowest BCUT2D eigenvalue weighted by molar-refractivity contribution is 0.339. The van der Waals surface area contributed by atoms with Gasteiger partial charge in [-0.1, -0.05) is 44.2 Å². The van der Waals surface area contributed by atoms with Gasteiger partial charge >= 0.3 is 0 Å². The minimum Gasteiger partial charge on any atom is -0.312 e. The Bertz CT molecular complexity index is 969. The molecule has 6 heteroatoms. The molecule has 4 rings (SSSR count). The van der Waals surface area contributed by atoms with Crippen molar-refractivity contribution in [3.05, 3.63) is 58.9 Å². The summed E-state index contributed by atoms with van der Waals surface area (Å²) in [5.74, 6) is 0.223. The number of rotatable bonds is 6. The average molecular weight is 417 g/mol. The van der Waals surface area contributed by atoms with E-state index >= 15 is 0 Å². The van der Waals surface area contributed by atoms with Crippen molar-refractivity contribution >= 4 is 15.7 Å². The molecule has 0 spiro atoms. The molecule has 0 radical (unpaired) electrons. The van der Waals surface area contributed by atoms with Gasteiger partial charge in [0, 0.05) is 6.54 Å². The van der Waals surface area contributed by atoms with Crippen LogP contribution >= 0.6 is 0 Å². The summed E-state index contributed by atoms with van der Waals surface area (Å²) in [5.41, 5.74) is 3.08. The van der Waals surface area contributed by atoms with Crippen LogP contribution in [0.2, 0.25) is 0 Å². The molecular formula is C23H29FN2O2S. The molecule has 2 aromatic carbocycles. The van der Waals surface area contributed by atoms with Crippen molar-refractivity contribution in [2.45, 2.75) is 62.8 Å². The van der Waals surface area contributed by atoms with Crippen LogP contribution in [0.4, 0.5) is 10.1 Å². The van der Waals surface area contributed by atoms with E-state index in [1.165, 1.54) is 38.2 Å². The minimum absolute atomic E-state index is 0.00537. The summed E-state index contributed by atoms with van der Waals surface area (Å²) in [6, 6.07) is 9.98. The molecule has 1 fully saturated rings. The van der Waals surface area contributed by atoms with E-state index in [9.17, 15) is 12.8 Å². The standard InChI is InChI=1S/C23H29FN2O2S/c24-22-14-18(7-6-17-4-2-1-3-5-17)8-11-23(22)26-29(27,28)21-10-9-20-16-25-13-12-19(20)15-21/h8-11,14-15,17,25-26H,1-7,12-13,16H2. The van der Waals surface area contributed by atoms with Gasteiger partial charge in [-0.25, -0.2) is 12.8 Å². The minimum atomic E-state index is -3.82. The van der Waals surface area contributed by atoms with E-state index in [4.69, 9.17) is 0 Å². The highest BCUT2D eigenvalue weighted by Gasteiger charge is 2.20. The maximum Gasteiger partial charge on any atom is 0.261 e. The highest BCUT2D eigenvalue weighted by molar-refractivity contribution is 7.92. The maximum absolute atomic E-state index is 14.6. The lowest BCUT2D eigenvalue weighted by atomic mass is 9.85. The van der Waals surface area contributed by atoms with E-state index in [0.29, 0.717) is 0 Å². The third-order valence-corrected chi connectivity index (χ3v) is 7.58. The molecule has 1 saturated carbocycles. The number of sulfonamides is 1. The monoisotopic (exact) mass is 416 g/mol. The highest BCUT2D eigenvalue weighted by atomic mass is 32.2. The largest absolute Gasteiger partial charge is 0.312 e. The molecule has 2 aliphatic rings. The van der Waals surface area contributed by atoms with Crippen LogP contribution in [0.15, 0.2) is 41.3 Å².